The van der Waals surface area contributed by atoms with Gasteiger partial charge in [-0.15, -0.1) is 0 Å². The predicted octanol–water partition coefficient (Wildman–Crippen LogP) is 3.21. The van der Waals surface area contributed by atoms with Crippen LogP contribution in [0.2, 0.25) is 0 Å². The van der Waals surface area contributed by atoms with Crippen LogP contribution >= 0.6 is 0 Å². The minimum absolute atomic E-state index is 0.0833. The smallest absolute Gasteiger partial charge is 0.312 e. The van der Waals surface area contributed by atoms with E-state index < -0.39 is 0 Å². The lowest BCUT2D eigenvalue weighted by atomic mass is 9.86. The number of rotatable bonds is 2. The molecule has 0 saturated heterocycles. The van der Waals surface area contributed by atoms with Crippen LogP contribution in [-0.4, -0.2) is 5.97 Å². The molecular formula is C14H14O2. The molecule has 2 rings (SSSR count). The van der Waals surface area contributed by atoms with Crippen molar-refractivity contribution >= 4 is 5.97 Å². The maximum Gasteiger partial charge on any atom is 0.312 e. The largest absolute Gasteiger partial charge is 0.426 e. The second-order valence-electron chi connectivity index (χ2n) is 3.76. The summed E-state index contributed by atoms with van der Waals surface area (Å²) in [4.78, 5) is 11.5. The first kappa shape index (κ1) is 10.7. The maximum absolute atomic E-state index is 11.5. The Morgan fingerprint density at radius 3 is 2.94 bits per heavy atom. The SMILES string of the molecule is C=C/C(=C\C)[C@@H]1CC(=O)Oc2ccccc21. The van der Waals surface area contributed by atoms with Crippen LogP contribution < -0.4 is 4.74 Å². The van der Waals surface area contributed by atoms with Crippen LogP contribution in [-0.2, 0) is 4.79 Å². The molecule has 0 fully saturated rings. The third-order valence-corrected chi connectivity index (χ3v) is 2.86. The molecule has 1 aromatic carbocycles. The Hall–Kier alpha value is -1.83. The van der Waals surface area contributed by atoms with E-state index >= 15 is 0 Å². The van der Waals surface area contributed by atoms with E-state index in [1.165, 1.54) is 0 Å². The van der Waals surface area contributed by atoms with Crippen LogP contribution in [0.5, 0.6) is 5.75 Å². The highest BCUT2D eigenvalue weighted by atomic mass is 16.5. The van der Waals surface area contributed by atoms with Crippen LogP contribution in [0.3, 0.4) is 0 Å². The number of hydrogen-bond donors (Lipinski definition) is 0. The summed E-state index contributed by atoms with van der Waals surface area (Å²) in [6.45, 7) is 5.74. The molecule has 82 valence electrons. The van der Waals surface area contributed by atoms with Gasteiger partial charge < -0.3 is 4.74 Å². The van der Waals surface area contributed by atoms with E-state index in [4.69, 9.17) is 4.74 Å². The van der Waals surface area contributed by atoms with Gasteiger partial charge in [0.2, 0.25) is 0 Å². The van der Waals surface area contributed by atoms with Gasteiger partial charge in [-0.1, -0.05) is 36.9 Å². The van der Waals surface area contributed by atoms with Crippen molar-refractivity contribution in [3.63, 3.8) is 0 Å². The molecule has 1 heterocycles. The Morgan fingerprint density at radius 2 is 2.25 bits per heavy atom. The van der Waals surface area contributed by atoms with Crippen molar-refractivity contribution in [2.45, 2.75) is 19.3 Å². The van der Waals surface area contributed by atoms with E-state index in [0.717, 1.165) is 11.1 Å². The zero-order valence-electron chi connectivity index (χ0n) is 9.27. The molecule has 0 N–H and O–H groups in total. The van der Waals surface area contributed by atoms with Crippen molar-refractivity contribution in [1.82, 2.24) is 0 Å². The average molecular weight is 214 g/mol. The second kappa shape index (κ2) is 4.35. The van der Waals surface area contributed by atoms with Crippen LogP contribution in [0.25, 0.3) is 0 Å². The van der Waals surface area contributed by atoms with Crippen molar-refractivity contribution in [1.29, 1.82) is 0 Å². The second-order valence-corrected chi connectivity index (χ2v) is 3.76. The molecule has 0 spiro atoms. The molecule has 0 unspecified atom stereocenters. The highest BCUT2D eigenvalue weighted by Crippen LogP contribution is 2.38. The molecule has 1 aliphatic rings. The molecule has 0 amide bonds. The van der Waals surface area contributed by atoms with E-state index in [1.807, 2.05) is 37.3 Å². The number of hydrogen-bond acceptors (Lipinski definition) is 2. The number of ether oxygens (including phenoxy) is 1. The van der Waals surface area contributed by atoms with Gasteiger partial charge in [-0.2, -0.15) is 0 Å². The van der Waals surface area contributed by atoms with E-state index in [0.29, 0.717) is 12.2 Å². The Labute approximate surface area is 95.2 Å². The predicted molar refractivity (Wildman–Crippen MR) is 63.4 cm³/mol. The number of fused-ring (bicyclic) bond motifs is 1. The summed E-state index contributed by atoms with van der Waals surface area (Å²) in [5, 5.41) is 0. The van der Waals surface area contributed by atoms with Crippen LogP contribution in [0.1, 0.15) is 24.8 Å². The van der Waals surface area contributed by atoms with Gasteiger partial charge in [0.15, 0.2) is 0 Å². The van der Waals surface area contributed by atoms with Gasteiger partial charge >= 0.3 is 5.97 Å². The van der Waals surface area contributed by atoms with E-state index in [2.05, 4.69) is 6.58 Å². The first-order chi connectivity index (χ1) is 7.76. The Kier molecular flexibility index (Phi) is 2.91. The van der Waals surface area contributed by atoms with Crippen LogP contribution in [0.15, 0.2) is 48.6 Å². The Balaban J connectivity index is 2.48. The number of para-hydroxylation sites is 1. The molecule has 1 aromatic rings. The van der Waals surface area contributed by atoms with Crippen LogP contribution in [0.4, 0.5) is 0 Å². The monoisotopic (exact) mass is 214 g/mol. The zero-order chi connectivity index (χ0) is 11.5. The molecule has 0 saturated carbocycles. The summed E-state index contributed by atoms with van der Waals surface area (Å²) in [5.74, 6) is 0.579. The van der Waals surface area contributed by atoms with Crippen molar-refractivity contribution in [3.05, 3.63) is 54.1 Å². The lowest BCUT2D eigenvalue weighted by Gasteiger charge is -2.25. The standard InChI is InChI=1S/C14H14O2/c1-3-10(4-2)12-9-14(15)16-13-8-6-5-7-11(12)13/h3-8,12H,1,9H2,2H3/b10-4+/t12-/m0/s1. The van der Waals surface area contributed by atoms with E-state index in [-0.39, 0.29) is 11.9 Å². The van der Waals surface area contributed by atoms with Crippen molar-refractivity contribution in [3.8, 4) is 5.75 Å². The number of allylic oxidation sites excluding steroid dienone is 3. The third kappa shape index (κ3) is 1.78. The molecule has 2 heteroatoms. The summed E-state index contributed by atoms with van der Waals surface area (Å²) in [6, 6.07) is 7.66. The average Bonchev–Trinajstić information content (AvgIpc) is 2.30. The summed E-state index contributed by atoms with van der Waals surface area (Å²) >= 11 is 0. The molecule has 16 heavy (non-hydrogen) atoms. The fraction of sp³-hybridized carbons (Fsp3) is 0.214. The highest BCUT2D eigenvalue weighted by Gasteiger charge is 2.27. The summed E-state index contributed by atoms with van der Waals surface area (Å²) in [6.07, 6.45) is 4.19. The van der Waals surface area contributed by atoms with Gasteiger partial charge in [-0.05, 0) is 18.6 Å². The van der Waals surface area contributed by atoms with Gasteiger partial charge in [-0.25, -0.2) is 0 Å². The fourth-order valence-electron chi connectivity index (χ4n) is 2.06. The van der Waals surface area contributed by atoms with Gasteiger partial charge in [0.25, 0.3) is 0 Å². The fourth-order valence-corrected chi connectivity index (χ4v) is 2.06. The number of carbonyl (C=O) groups excluding carboxylic acids is 1. The van der Waals surface area contributed by atoms with Gasteiger partial charge in [0.05, 0.1) is 6.42 Å². The van der Waals surface area contributed by atoms with Crippen molar-refractivity contribution in [2.75, 3.05) is 0 Å². The summed E-state index contributed by atoms with van der Waals surface area (Å²) in [5.41, 5.74) is 2.14. The summed E-state index contributed by atoms with van der Waals surface area (Å²) in [7, 11) is 0. The quantitative estimate of drug-likeness (QED) is 0.429. The van der Waals surface area contributed by atoms with E-state index in [9.17, 15) is 4.79 Å². The number of benzene rings is 1. The van der Waals surface area contributed by atoms with Gasteiger partial charge in [0.1, 0.15) is 5.75 Å². The molecular weight excluding hydrogens is 200 g/mol. The molecule has 0 aliphatic carbocycles. The van der Waals surface area contributed by atoms with Crippen molar-refractivity contribution in [2.24, 2.45) is 0 Å². The first-order valence-corrected chi connectivity index (χ1v) is 5.34. The lowest BCUT2D eigenvalue weighted by Crippen LogP contribution is -2.20. The van der Waals surface area contributed by atoms with Gasteiger partial charge in [0, 0.05) is 11.5 Å². The van der Waals surface area contributed by atoms with E-state index in [1.54, 1.807) is 6.08 Å². The molecule has 0 radical (unpaired) electrons. The van der Waals surface area contributed by atoms with Crippen molar-refractivity contribution < 1.29 is 9.53 Å². The maximum atomic E-state index is 11.5. The molecule has 0 aromatic heterocycles. The zero-order valence-corrected chi connectivity index (χ0v) is 9.27. The minimum Gasteiger partial charge on any atom is -0.426 e. The highest BCUT2D eigenvalue weighted by molar-refractivity contribution is 5.77. The Bertz CT molecular complexity index is 458. The topological polar surface area (TPSA) is 26.3 Å². The minimum atomic E-state index is -0.176. The lowest BCUT2D eigenvalue weighted by molar-refractivity contribution is -0.135. The first-order valence-electron chi connectivity index (χ1n) is 5.34. The number of esters is 1. The summed E-state index contributed by atoms with van der Waals surface area (Å²) < 4.78 is 5.20. The Morgan fingerprint density at radius 1 is 1.50 bits per heavy atom. The molecule has 2 nitrogen and oxygen atoms in total. The molecule has 1 atom stereocenters. The molecule has 1 aliphatic heterocycles. The normalized spacial score (nSPS) is 19.9. The van der Waals surface area contributed by atoms with Gasteiger partial charge in [-0.3, -0.25) is 4.79 Å². The molecule has 0 bridgehead atoms. The van der Waals surface area contributed by atoms with Crippen LogP contribution in [0, 0.1) is 0 Å². The third-order valence-electron chi connectivity index (χ3n) is 2.86. The number of carbonyl (C=O) groups is 1.